The van der Waals surface area contributed by atoms with Crippen LogP contribution in [0.3, 0.4) is 0 Å². The molecule has 134 valence electrons. The molecular weight excluding hydrogens is 328 g/mol. The van der Waals surface area contributed by atoms with Crippen LogP contribution in [-0.4, -0.2) is 43.9 Å². The minimum Gasteiger partial charge on any atom is -0.497 e. The molecule has 5 nitrogen and oxygen atoms in total. The van der Waals surface area contributed by atoms with Gasteiger partial charge in [0, 0.05) is 32.0 Å². The fraction of sp³-hybridized carbons (Fsp3) is 0.611. The van der Waals surface area contributed by atoms with Crippen molar-refractivity contribution in [2.24, 2.45) is 5.92 Å². The molecule has 1 amide bonds. The van der Waals surface area contributed by atoms with Gasteiger partial charge >= 0.3 is 0 Å². The van der Waals surface area contributed by atoms with Crippen molar-refractivity contribution < 1.29 is 14.6 Å². The summed E-state index contributed by atoms with van der Waals surface area (Å²) in [7, 11) is 1.68. The van der Waals surface area contributed by atoms with Gasteiger partial charge in [-0.25, -0.2) is 0 Å². The number of carbonyl (C=O) groups is 1. The predicted molar refractivity (Wildman–Crippen MR) is 95.9 cm³/mol. The van der Waals surface area contributed by atoms with Crippen LogP contribution in [0.5, 0.6) is 5.75 Å². The molecule has 3 rings (SSSR count). The quantitative estimate of drug-likeness (QED) is 0.751. The van der Waals surface area contributed by atoms with Gasteiger partial charge in [-0.15, -0.1) is 12.4 Å². The van der Waals surface area contributed by atoms with Crippen LogP contribution >= 0.6 is 12.4 Å². The Hall–Kier alpha value is -1.30. The molecular formula is C18H27ClN2O3. The maximum Gasteiger partial charge on any atom is 0.220 e. The van der Waals surface area contributed by atoms with E-state index >= 15 is 0 Å². The van der Waals surface area contributed by atoms with Gasteiger partial charge in [0.2, 0.25) is 5.91 Å². The molecule has 1 aromatic carbocycles. The third-order valence-electron chi connectivity index (χ3n) is 5.09. The van der Waals surface area contributed by atoms with Crippen LogP contribution in [-0.2, 0) is 11.2 Å². The Morgan fingerprint density at radius 3 is 2.96 bits per heavy atom. The first-order chi connectivity index (χ1) is 11.2. The summed E-state index contributed by atoms with van der Waals surface area (Å²) >= 11 is 0. The smallest absolute Gasteiger partial charge is 0.220 e. The summed E-state index contributed by atoms with van der Waals surface area (Å²) in [4.78, 5) is 12.3. The molecule has 2 aliphatic rings. The Labute approximate surface area is 149 Å². The van der Waals surface area contributed by atoms with E-state index in [-0.39, 0.29) is 36.3 Å². The topological polar surface area (TPSA) is 70.6 Å². The number of methoxy groups -OCH3 is 1. The average molecular weight is 355 g/mol. The summed E-state index contributed by atoms with van der Waals surface area (Å²) in [5, 5.41) is 15.9. The Balaban J connectivity index is 0.00000208. The summed E-state index contributed by atoms with van der Waals surface area (Å²) in [6.45, 7) is 1.95. The van der Waals surface area contributed by atoms with Crippen LogP contribution in [0.15, 0.2) is 18.2 Å². The second-order valence-corrected chi connectivity index (χ2v) is 6.65. The number of rotatable bonds is 5. The van der Waals surface area contributed by atoms with E-state index in [2.05, 4.69) is 22.8 Å². The number of benzene rings is 1. The van der Waals surface area contributed by atoms with Gasteiger partial charge in [-0.2, -0.15) is 0 Å². The second-order valence-electron chi connectivity index (χ2n) is 6.65. The summed E-state index contributed by atoms with van der Waals surface area (Å²) in [6, 6.07) is 6.19. The molecule has 1 aliphatic carbocycles. The van der Waals surface area contributed by atoms with Gasteiger partial charge < -0.3 is 20.5 Å². The van der Waals surface area contributed by atoms with E-state index in [1.54, 1.807) is 7.11 Å². The van der Waals surface area contributed by atoms with Crippen molar-refractivity contribution in [1.82, 2.24) is 10.6 Å². The first-order valence-corrected chi connectivity index (χ1v) is 8.49. The number of nitrogens with one attached hydrogen (secondary N) is 2. The van der Waals surface area contributed by atoms with Crippen LogP contribution in [0.4, 0.5) is 0 Å². The molecule has 1 heterocycles. The highest BCUT2D eigenvalue weighted by Crippen LogP contribution is 2.35. The van der Waals surface area contributed by atoms with E-state index in [1.807, 2.05) is 6.07 Å². The number of halogens is 1. The van der Waals surface area contributed by atoms with Crippen molar-refractivity contribution in [3.63, 3.8) is 0 Å². The number of fused-ring (bicyclic) bond motifs is 1. The highest BCUT2D eigenvalue weighted by Gasteiger charge is 2.26. The Kier molecular flexibility index (Phi) is 6.90. The monoisotopic (exact) mass is 354 g/mol. The number of aryl methyl sites for hydroxylation is 1. The summed E-state index contributed by atoms with van der Waals surface area (Å²) in [5.41, 5.74) is 2.60. The van der Waals surface area contributed by atoms with E-state index in [0.29, 0.717) is 19.5 Å². The normalized spacial score (nSPS) is 25.5. The Bertz CT molecular complexity index is 567. The van der Waals surface area contributed by atoms with Gasteiger partial charge in [-0.3, -0.25) is 4.79 Å². The number of aliphatic hydroxyl groups excluding tert-OH is 1. The molecule has 0 aromatic heterocycles. The predicted octanol–water partition coefficient (Wildman–Crippen LogP) is 1.62. The van der Waals surface area contributed by atoms with Crippen LogP contribution in [0.25, 0.3) is 0 Å². The number of β-amino-alcohol motifs (C(OH)–C–C–N with tert-alkyl or cyclic N) is 1. The van der Waals surface area contributed by atoms with Gasteiger partial charge in [0.25, 0.3) is 0 Å². The molecule has 3 unspecified atom stereocenters. The third kappa shape index (κ3) is 4.41. The molecule has 1 aliphatic heterocycles. The average Bonchev–Trinajstić information content (AvgIpc) is 2.98. The molecule has 6 heteroatoms. The molecule has 24 heavy (non-hydrogen) atoms. The third-order valence-corrected chi connectivity index (χ3v) is 5.09. The molecule has 3 atom stereocenters. The van der Waals surface area contributed by atoms with Crippen molar-refractivity contribution >= 4 is 18.3 Å². The fourth-order valence-corrected chi connectivity index (χ4v) is 3.70. The number of carbonyl (C=O) groups excluding carboxylic acids is 1. The van der Waals surface area contributed by atoms with Gasteiger partial charge in [-0.1, -0.05) is 6.07 Å². The lowest BCUT2D eigenvalue weighted by Crippen LogP contribution is -2.35. The molecule has 1 aromatic rings. The SMILES string of the molecule is COc1ccc2c(c1)CCCC2CC(=O)NCC1CNCC1O.Cl. The van der Waals surface area contributed by atoms with Crippen molar-refractivity contribution in [2.75, 3.05) is 26.7 Å². The van der Waals surface area contributed by atoms with Crippen molar-refractivity contribution in [2.45, 2.75) is 37.7 Å². The Morgan fingerprint density at radius 1 is 1.42 bits per heavy atom. The highest BCUT2D eigenvalue weighted by molar-refractivity contribution is 5.85. The highest BCUT2D eigenvalue weighted by atomic mass is 35.5. The van der Waals surface area contributed by atoms with Crippen molar-refractivity contribution in [1.29, 1.82) is 0 Å². The lowest BCUT2D eigenvalue weighted by molar-refractivity contribution is -0.121. The van der Waals surface area contributed by atoms with Gasteiger partial charge in [0.05, 0.1) is 13.2 Å². The van der Waals surface area contributed by atoms with Gasteiger partial charge in [-0.05, 0) is 48.4 Å². The number of aliphatic hydroxyl groups is 1. The number of hydrogen-bond acceptors (Lipinski definition) is 4. The second kappa shape index (κ2) is 8.70. The number of amides is 1. The summed E-state index contributed by atoms with van der Waals surface area (Å²) in [6.07, 6.45) is 3.40. The van der Waals surface area contributed by atoms with Crippen LogP contribution in [0, 0.1) is 5.92 Å². The zero-order valence-corrected chi connectivity index (χ0v) is 14.9. The first kappa shape index (κ1) is 19.0. The van der Waals surface area contributed by atoms with Crippen LogP contribution < -0.4 is 15.4 Å². The van der Waals surface area contributed by atoms with Crippen molar-refractivity contribution in [3.05, 3.63) is 29.3 Å². The maximum atomic E-state index is 12.3. The van der Waals surface area contributed by atoms with Crippen LogP contribution in [0.2, 0.25) is 0 Å². The molecule has 3 N–H and O–H groups in total. The molecule has 0 spiro atoms. The zero-order chi connectivity index (χ0) is 16.2. The molecule has 0 bridgehead atoms. The van der Waals surface area contributed by atoms with Gasteiger partial charge in [0.1, 0.15) is 5.75 Å². The summed E-state index contributed by atoms with van der Waals surface area (Å²) in [5.74, 6) is 1.38. The van der Waals surface area contributed by atoms with E-state index < -0.39 is 0 Å². The van der Waals surface area contributed by atoms with E-state index in [9.17, 15) is 9.90 Å². The first-order valence-electron chi connectivity index (χ1n) is 8.49. The molecule has 1 fully saturated rings. The maximum absolute atomic E-state index is 12.3. The molecule has 0 saturated carbocycles. The molecule has 0 radical (unpaired) electrons. The number of hydrogen-bond donors (Lipinski definition) is 3. The van der Waals surface area contributed by atoms with Gasteiger partial charge in [0.15, 0.2) is 0 Å². The largest absolute Gasteiger partial charge is 0.497 e. The van der Waals surface area contributed by atoms with E-state index in [4.69, 9.17) is 4.74 Å². The molecule has 1 saturated heterocycles. The minimum absolute atomic E-state index is 0. The van der Waals surface area contributed by atoms with E-state index in [1.165, 1.54) is 11.1 Å². The zero-order valence-electron chi connectivity index (χ0n) is 14.1. The minimum atomic E-state index is -0.349. The lowest BCUT2D eigenvalue weighted by Gasteiger charge is -2.26. The fourth-order valence-electron chi connectivity index (χ4n) is 3.70. The van der Waals surface area contributed by atoms with Crippen LogP contribution in [0.1, 0.15) is 36.3 Å². The number of ether oxygens (including phenoxy) is 1. The van der Waals surface area contributed by atoms with E-state index in [0.717, 1.165) is 31.6 Å². The van der Waals surface area contributed by atoms with Crippen molar-refractivity contribution in [3.8, 4) is 5.75 Å². The Morgan fingerprint density at radius 2 is 2.25 bits per heavy atom. The standard InChI is InChI=1S/C18H26N2O3.ClH/c1-23-15-5-6-16-12(7-15)3-2-4-13(16)8-18(22)20-10-14-9-19-11-17(14)21;/h5-7,13-14,17,19,21H,2-4,8-11H2,1H3,(H,20,22);1H. The lowest BCUT2D eigenvalue weighted by atomic mass is 9.81. The summed E-state index contributed by atoms with van der Waals surface area (Å²) < 4.78 is 5.29.